The molecule has 0 amide bonds. The molecular weight excluding hydrogens is 628 g/mol. The number of nitro benzene ring substituents is 1. The van der Waals surface area contributed by atoms with Crippen molar-refractivity contribution >= 4 is 43.3 Å². The average molecular weight is 635 g/mol. The second-order valence-electron chi connectivity index (χ2n) is 6.64. The highest BCUT2D eigenvalue weighted by atomic mass is 79.9. The van der Waals surface area contributed by atoms with Crippen LogP contribution in [0, 0.1) is 15.9 Å². The first-order valence-corrected chi connectivity index (χ1v) is 10.0. The van der Waals surface area contributed by atoms with Gasteiger partial charge in [0.2, 0.25) is 5.82 Å². The molecule has 0 spiro atoms. The van der Waals surface area contributed by atoms with E-state index in [9.17, 15) is 58.8 Å². The number of hydrogen-bond donors (Lipinski definition) is 0. The van der Waals surface area contributed by atoms with Gasteiger partial charge in [0.1, 0.15) is 0 Å². The highest BCUT2D eigenvalue weighted by Gasteiger charge is 2.81. The number of carbonyl (C=O) groups excluding carboxylic acids is 1. The largest absolute Gasteiger partial charge is 0.457 e. The van der Waals surface area contributed by atoms with Crippen molar-refractivity contribution in [3.63, 3.8) is 0 Å². The van der Waals surface area contributed by atoms with E-state index >= 15 is 0 Å². The number of benzene rings is 2. The highest BCUT2D eigenvalue weighted by Crippen LogP contribution is 2.58. The van der Waals surface area contributed by atoms with Gasteiger partial charge in [-0.1, -0.05) is 37.9 Å². The fourth-order valence-corrected chi connectivity index (χ4v) is 4.29. The van der Waals surface area contributed by atoms with Crippen molar-refractivity contribution in [2.45, 2.75) is 30.4 Å². The number of rotatable bonds is 6. The van der Waals surface area contributed by atoms with E-state index < -0.39 is 72.6 Å². The van der Waals surface area contributed by atoms with Crippen molar-refractivity contribution in [1.29, 1.82) is 0 Å². The van der Waals surface area contributed by atoms with Crippen LogP contribution in [0.15, 0.2) is 39.3 Å². The van der Waals surface area contributed by atoms with Crippen LogP contribution in [0.25, 0.3) is 0 Å². The number of hydrogen-bond acceptors (Lipinski definition) is 3. The quantitative estimate of drug-likeness (QED) is 0.142. The Hall–Kier alpha value is -2.23. The van der Waals surface area contributed by atoms with E-state index in [1.54, 1.807) is 0 Å². The Kier molecular flexibility index (Phi) is 7.49. The molecule has 2 rings (SSSR count). The maximum Gasteiger partial charge on any atom is 0.457 e. The maximum atomic E-state index is 14.7. The van der Waals surface area contributed by atoms with E-state index in [0.29, 0.717) is 0 Å². The molecule has 0 N–H and O–H groups in total. The van der Waals surface area contributed by atoms with Crippen LogP contribution in [0.4, 0.5) is 49.6 Å². The summed E-state index contributed by atoms with van der Waals surface area (Å²) in [5.74, 6) is -9.61. The molecule has 4 nitrogen and oxygen atoms in total. The van der Waals surface area contributed by atoms with Crippen LogP contribution in [-0.4, -0.2) is 29.0 Å². The predicted molar refractivity (Wildman–Crippen MR) is 103 cm³/mol. The molecule has 0 bridgehead atoms. The number of Topliss-reactive ketones (excluding diaryl/α,β-unsaturated/α-hetero) is 1. The molecule has 186 valence electrons. The van der Waals surface area contributed by atoms with Crippen molar-refractivity contribution in [3.05, 3.63) is 71.9 Å². The first kappa shape index (κ1) is 28.0. The van der Waals surface area contributed by atoms with Gasteiger partial charge in [0, 0.05) is 27.0 Å². The average Bonchev–Trinajstić information content (AvgIpc) is 2.67. The number of nitro groups is 1. The molecular formula is C18H7Br2F10NO3. The van der Waals surface area contributed by atoms with Crippen molar-refractivity contribution in [2.24, 2.45) is 0 Å². The van der Waals surface area contributed by atoms with Gasteiger partial charge in [0.05, 0.1) is 10.5 Å². The molecule has 2 aromatic carbocycles. The molecule has 0 aliphatic carbocycles. The monoisotopic (exact) mass is 633 g/mol. The lowest BCUT2D eigenvalue weighted by atomic mass is 9.86. The summed E-state index contributed by atoms with van der Waals surface area (Å²) in [6, 6.07) is 2.50. The SMILES string of the molecule is O=C(Cc1c(Br)cc(C(F)(C(F)(F)F)C(F)(F)C(F)(F)F)cc1Br)c1cccc([N+](=O)[O-])c1F. The molecule has 1 atom stereocenters. The molecule has 0 saturated heterocycles. The standard InChI is InChI=1S/C18H7Br2F10NO3/c19-10-4-7(15(22,17(25,26)27)16(23,24)18(28,29)30)5-11(20)9(10)6-13(32)8-2-1-3-12(14(8)21)31(33)34/h1-5H,6H2. The van der Waals surface area contributed by atoms with Gasteiger partial charge >= 0.3 is 29.6 Å². The van der Waals surface area contributed by atoms with E-state index in [0.717, 1.165) is 18.2 Å². The van der Waals surface area contributed by atoms with Gasteiger partial charge < -0.3 is 0 Å². The van der Waals surface area contributed by atoms with Crippen LogP contribution in [-0.2, 0) is 12.1 Å². The Morgan fingerprint density at radius 3 is 1.82 bits per heavy atom. The summed E-state index contributed by atoms with van der Waals surface area (Å²) < 4.78 is 133. The van der Waals surface area contributed by atoms with Gasteiger partial charge in [-0.15, -0.1) is 0 Å². The van der Waals surface area contributed by atoms with Crippen molar-refractivity contribution < 1.29 is 53.6 Å². The molecule has 0 heterocycles. The van der Waals surface area contributed by atoms with E-state index in [1.807, 2.05) is 0 Å². The summed E-state index contributed by atoms with van der Waals surface area (Å²) in [5.41, 5.74) is -10.6. The number of carbonyl (C=O) groups is 1. The number of ketones is 1. The first-order chi connectivity index (χ1) is 15.3. The van der Waals surface area contributed by atoms with Gasteiger partial charge in [0.15, 0.2) is 5.78 Å². The lowest BCUT2D eigenvalue weighted by Gasteiger charge is -2.36. The topological polar surface area (TPSA) is 60.2 Å². The molecule has 0 saturated carbocycles. The van der Waals surface area contributed by atoms with Crippen LogP contribution in [0.1, 0.15) is 21.5 Å². The number of halogens is 12. The maximum absolute atomic E-state index is 14.7. The van der Waals surface area contributed by atoms with Crippen LogP contribution < -0.4 is 0 Å². The predicted octanol–water partition coefficient (Wildman–Crippen LogP) is 7.61. The summed E-state index contributed by atoms with van der Waals surface area (Å²) in [4.78, 5) is 22.1. The van der Waals surface area contributed by atoms with Crippen LogP contribution >= 0.6 is 31.9 Å². The molecule has 0 aliphatic heterocycles. The molecule has 16 heteroatoms. The lowest BCUT2D eigenvalue weighted by Crippen LogP contribution is -2.59. The highest BCUT2D eigenvalue weighted by molar-refractivity contribution is 9.11. The molecule has 0 aliphatic rings. The molecule has 2 aromatic rings. The van der Waals surface area contributed by atoms with Crippen molar-refractivity contribution in [1.82, 2.24) is 0 Å². The fraction of sp³-hybridized carbons (Fsp3) is 0.278. The van der Waals surface area contributed by atoms with Gasteiger partial charge in [-0.05, 0) is 23.8 Å². The Balaban J connectivity index is 2.60. The minimum atomic E-state index is -6.93. The van der Waals surface area contributed by atoms with Gasteiger partial charge in [-0.2, -0.15) is 39.5 Å². The van der Waals surface area contributed by atoms with E-state index in [1.165, 1.54) is 0 Å². The summed E-state index contributed by atoms with van der Waals surface area (Å²) in [5, 5.41) is 10.8. The zero-order valence-corrected chi connectivity index (χ0v) is 19.0. The molecule has 34 heavy (non-hydrogen) atoms. The Bertz CT molecular complexity index is 1130. The number of nitrogens with zero attached hydrogens (tertiary/aromatic N) is 1. The Morgan fingerprint density at radius 1 is 0.912 bits per heavy atom. The minimum Gasteiger partial charge on any atom is -0.294 e. The normalized spacial score (nSPS) is 14.6. The van der Waals surface area contributed by atoms with Crippen LogP contribution in [0.5, 0.6) is 0 Å². The van der Waals surface area contributed by atoms with Gasteiger partial charge in [-0.3, -0.25) is 14.9 Å². The van der Waals surface area contributed by atoms with Gasteiger partial charge in [0.25, 0.3) is 0 Å². The molecule has 0 radical (unpaired) electrons. The zero-order valence-electron chi connectivity index (χ0n) is 15.8. The molecule has 0 aromatic heterocycles. The fourth-order valence-electron chi connectivity index (χ4n) is 2.82. The second kappa shape index (κ2) is 9.09. The van der Waals surface area contributed by atoms with E-state index in [2.05, 4.69) is 31.9 Å². The second-order valence-corrected chi connectivity index (χ2v) is 8.35. The molecule has 0 fully saturated rings. The van der Waals surface area contributed by atoms with Crippen molar-refractivity contribution in [3.8, 4) is 0 Å². The number of alkyl halides is 9. The van der Waals surface area contributed by atoms with Crippen LogP contribution in [0.2, 0.25) is 0 Å². The third-order valence-corrected chi connectivity index (χ3v) is 5.95. The Labute approximate surface area is 199 Å². The van der Waals surface area contributed by atoms with Gasteiger partial charge in [-0.25, -0.2) is 4.39 Å². The minimum absolute atomic E-state index is 0.0235. The van der Waals surface area contributed by atoms with Crippen LogP contribution in [0.3, 0.4) is 0 Å². The van der Waals surface area contributed by atoms with E-state index in [4.69, 9.17) is 0 Å². The Morgan fingerprint density at radius 2 is 1.41 bits per heavy atom. The summed E-state index contributed by atoms with van der Waals surface area (Å²) in [7, 11) is 0. The summed E-state index contributed by atoms with van der Waals surface area (Å²) in [6.45, 7) is 0. The smallest absolute Gasteiger partial charge is 0.294 e. The summed E-state index contributed by atoms with van der Waals surface area (Å²) >= 11 is 5.17. The molecule has 1 unspecified atom stereocenters. The summed E-state index contributed by atoms with van der Waals surface area (Å²) in [6.07, 6.45) is -14.6. The zero-order chi connectivity index (χ0) is 26.4. The lowest BCUT2D eigenvalue weighted by molar-refractivity contribution is -0.389. The third-order valence-electron chi connectivity index (χ3n) is 4.53. The van der Waals surface area contributed by atoms with E-state index in [-0.39, 0.29) is 17.7 Å². The third kappa shape index (κ3) is 4.65. The van der Waals surface area contributed by atoms with Crippen molar-refractivity contribution in [2.75, 3.05) is 0 Å². The first-order valence-electron chi connectivity index (χ1n) is 8.42.